The van der Waals surface area contributed by atoms with Gasteiger partial charge in [-0.25, -0.2) is 4.79 Å². The molecular weight excluding hydrogens is 398 g/mol. The van der Waals surface area contributed by atoms with Crippen molar-refractivity contribution >= 4 is 29.2 Å². The van der Waals surface area contributed by atoms with E-state index in [-0.39, 0.29) is 22.9 Å². The van der Waals surface area contributed by atoms with Crippen molar-refractivity contribution in [3.8, 4) is 5.75 Å². The van der Waals surface area contributed by atoms with Gasteiger partial charge in [0.25, 0.3) is 5.91 Å². The van der Waals surface area contributed by atoms with Gasteiger partial charge in [-0.15, -0.1) is 0 Å². The maximum absolute atomic E-state index is 12.5. The first-order chi connectivity index (χ1) is 14.3. The van der Waals surface area contributed by atoms with Crippen LogP contribution in [0.2, 0.25) is 0 Å². The Morgan fingerprint density at radius 1 is 1.13 bits per heavy atom. The molecule has 9 heteroatoms. The van der Waals surface area contributed by atoms with Crippen LogP contribution in [-0.4, -0.2) is 37.0 Å². The van der Waals surface area contributed by atoms with Crippen LogP contribution in [0.3, 0.4) is 0 Å². The lowest BCUT2D eigenvalue weighted by atomic mass is 10.2. The Bertz CT molecular complexity index is 950. The van der Waals surface area contributed by atoms with Gasteiger partial charge >= 0.3 is 12.6 Å². The number of hydrogen-bond acceptors (Lipinski definition) is 5. The Morgan fingerprint density at radius 3 is 2.60 bits per heavy atom. The molecule has 0 spiro atoms. The molecule has 0 radical (unpaired) electrons. The summed E-state index contributed by atoms with van der Waals surface area (Å²) >= 11 is 0. The second-order valence-corrected chi connectivity index (χ2v) is 6.61. The van der Waals surface area contributed by atoms with Crippen LogP contribution in [0.25, 0.3) is 0 Å². The summed E-state index contributed by atoms with van der Waals surface area (Å²) in [6.45, 7) is -1.11. The Kier molecular flexibility index (Phi) is 6.61. The van der Waals surface area contributed by atoms with Gasteiger partial charge in [0.05, 0.1) is 11.3 Å². The van der Waals surface area contributed by atoms with E-state index in [1.54, 1.807) is 17.0 Å². The van der Waals surface area contributed by atoms with Crippen LogP contribution in [0.4, 0.5) is 20.2 Å². The van der Waals surface area contributed by atoms with E-state index >= 15 is 0 Å². The van der Waals surface area contributed by atoms with Crippen LogP contribution in [0, 0.1) is 0 Å². The zero-order valence-corrected chi connectivity index (χ0v) is 16.1. The number of nitrogens with zero attached hydrogens (tertiary/aromatic N) is 1. The fraction of sp³-hybridized carbons (Fsp3) is 0.286. The number of halogens is 2. The first kappa shape index (κ1) is 21.2. The lowest BCUT2D eigenvalue weighted by molar-refractivity contribution is -0.123. The third-order valence-corrected chi connectivity index (χ3v) is 4.48. The predicted octanol–water partition coefficient (Wildman–Crippen LogP) is 3.60. The number of para-hydroxylation sites is 2. The Morgan fingerprint density at radius 2 is 1.90 bits per heavy atom. The number of nitrogens with one attached hydrogen (secondary N) is 1. The van der Waals surface area contributed by atoms with Gasteiger partial charge in [0, 0.05) is 18.7 Å². The normalized spacial score (nSPS) is 14.5. The number of alkyl halides is 2. The molecule has 2 aromatic rings. The zero-order chi connectivity index (χ0) is 21.7. The molecule has 1 aliphatic rings. The van der Waals surface area contributed by atoms with Gasteiger partial charge in [0.1, 0.15) is 5.75 Å². The summed E-state index contributed by atoms with van der Waals surface area (Å²) < 4.78 is 34.5. The molecular formula is C21H20F2N2O5. The lowest BCUT2D eigenvalue weighted by Crippen LogP contribution is -2.30. The first-order valence-corrected chi connectivity index (χ1v) is 9.31. The standard InChI is InChI=1S/C21H20F2N2O5/c1-13(19(27)24-16-8-2-3-9-17(16)30-21(22)23)29-20(28)14-6-4-7-15(12-14)25-11-5-10-18(25)26/h2-4,6-9,12-13,21H,5,10-11H2,1H3,(H,24,27). The van der Waals surface area contributed by atoms with E-state index in [0.29, 0.717) is 18.7 Å². The molecule has 7 nitrogen and oxygen atoms in total. The molecule has 1 fully saturated rings. The SMILES string of the molecule is CC(OC(=O)c1cccc(N2CCCC2=O)c1)C(=O)Nc1ccccc1OC(F)F. The molecule has 30 heavy (non-hydrogen) atoms. The van der Waals surface area contributed by atoms with Gasteiger partial charge < -0.3 is 19.7 Å². The topological polar surface area (TPSA) is 84.9 Å². The van der Waals surface area contributed by atoms with Crippen LogP contribution in [0.1, 0.15) is 30.1 Å². The molecule has 0 bridgehead atoms. The van der Waals surface area contributed by atoms with Crippen LogP contribution in [-0.2, 0) is 14.3 Å². The second-order valence-electron chi connectivity index (χ2n) is 6.61. The van der Waals surface area contributed by atoms with E-state index in [1.807, 2.05) is 0 Å². The van der Waals surface area contributed by atoms with E-state index in [4.69, 9.17) is 4.74 Å². The van der Waals surface area contributed by atoms with Crippen LogP contribution in [0.15, 0.2) is 48.5 Å². The van der Waals surface area contributed by atoms with Crippen LogP contribution >= 0.6 is 0 Å². The van der Waals surface area contributed by atoms with E-state index in [2.05, 4.69) is 10.1 Å². The Labute approximate surface area is 171 Å². The molecule has 2 amide bonds. The number of carbonyl (C=O) groups is 3. The van der Waals surface area contributed by atoms with E-state index in [1.165, 1.54) is 43.3 Å². The summed E-state index contributed by atoms with van der Waals surface area (Å²) in [5, 5.41) is 2.41. The van der Waals surface area contributed by atoms with Crippen molar-refractivity contribution in [2.24, 2.45) is 0 Å². The average molecular weight is 418 g/mol. The quantitative estimate of drug-likeness (QED) is 0.695. The second kappa shape index (κ2) is 9.34. The van der Waals surface area contributed by atoms with Crippen molar-refractivity contribution in [3.05, 3.63) is 54.1 Å². The van der Waals surface area contributed by atoms with Gasteiger partial charge in [0.15, 0.2) is 6.10 Å². The number of ether oxygens (including phenoxy) is 2. The summed E-state index contributed by atoms with van der Waals surface area (Å²) in [6.07, 6.45) is 0.0126. The Balaban J connectivity index is 1.65. The van der Waals surface area contributed by atoms with Crippen LogP contribution < -0.4 is 15.0 Å². The van der Waals surface area contributed by atoms with Crippen molar-refractivity contribution in [1.82, 2.24) is 0 Å². The molecule has 1 N–H and O–H groups in total. The number of carbonyl (C=O) groups excluding carboxylic acids is 3. The maximum Gasteiger partial charge on any atom is 0.387 e. The van der Waals surface area contributed by atoms with Gasteiger partial charge in [0.2, 0.25) is 5.91 Å². The highest BCUT2D eigenvalue weighted by atomic mass is 19.3. The molecule has 2 aromatic carbocycles. The number of rotatable bonds is 7. The summed E-state index contributed by atoms with van der Waals surface area (Å²) in [4.78, 5) is 38.3. The molecule has 1 saturated heterocycles. The summed E-state index contributed by atoms with van der Waals surface area (Å²) in [7, 11) is 0. The highest BCUT2D eigenvalue weighted by molar-refractivity contribution is 6.00. The van der Waals surface area contributed by atoms with Crippen molar-refractivity contribution < 1.29 is 32.6 Å². The highest BCUT2D eigenvalue weighted by Gasteiger charge is 2.24. The molecule has 3 rings (SSSR count). The van der Waals surface area contributed by atoms with E-state index in [0.717, 1.165) is 6.42 Å². The van der Waals surface area contributed by atoms with Crippen molar-refractivity contribution in [3.63, 3.8) is 0 Å². The van der Waals surface area contributed by atoms with Gasteiger partial charge in [-0.05, 0) is 43.7 Å². The number of esters is 1. The summed E-state index contributed by atoms with van der Waals surface area (Å²) in [5.74, 6) is -1.68. The van der Waals surface area contributed by atoms with Gasteiger partial charge in [-0.3, -0.25) is 9.59 Å². The molecule has 158 valence electrons. The largest absolute Gasteiger partial charge is 0.449 e. The van der Waals surface area contributed by atoms with Crippen molar-refractivity contribution in [1.29, 1.82) is 0 Å². The summed E-state index contributed by atoms with van der Waals surface area (Å²) in [6, 6.07) is 12.1. The first-order valence-electron chi connectivity index (χ1n) is 9.31. The maximum atomic E-state index is 12.5. The molecule has 0 aliphatic carbocycles. The number of anilines is 2. The monoisotopic (exact) mass is 418 g/mol. The van der Waals surface area contributed by atoms with Crippen molar-refractivity contribution in [2.75, 3.05) is 16.8 Å². The molecule has 1 unspecified atom stereocenters. The van der Waals surface area contributed by atoms with Gasteiger partial charge in [-0.1, -0.05) is 18.2 Å². The lowest BCUT2D eigenvalue weighted by Gasteiger charge is -2.18. The smallest absolute Gasteiger partial charge is 0.387 e. The molecule has 1 atom stereocenters. The number of amides is 2. The minimum atomic E-state index is -3.05. The van der Waals surface area contributed by atoms with E-state index in [9.17, 15) is 23.2 Å². The Hall–Kier alpha value is -3.49. The van der Waals surface area contributed by atoms with Crippen LogP contribution in [0.5, 0.6) is 5.75 Å². The predicted molar refractivity (Wildman–Crippen MR) is 105 cm³/mol. The average Bonchev–Trinajstić information content (AvgIpc) is 3.15. The van der Waals surface area contributed by atoms with Gasteiger partial charge in [-0.2, -0.15) is 8.78 Å². The third-order valence-electron chi connectivity index (χ3n) is 4.48. The number of hydrogen-bond donors (Lipinski definition) is 1. The molecule has 0 saturated carbocycles. The molecule has 1 heterocycles. The molecule has 0 aromatic heterocycles. The number of benzene rings is 2. The fourth-order valence-corrected chi connectivity index (χ4v) is 3.01. The minimum Gasteiger partial charge on any atom is -0.449 e. The third kappa shape index (κ3) is 5.11. The molecule has 1 aliphatic heterocycles. The summed E-state index contributed by atoms with van der Waals surface area (Å²) in [5.41, 5.74) is 0.802. The van der Waals surface area contributed by atoms with E-state index < -0.39 is 24.6 Å². The zero-order valence-electron chi connectivity index (χ0n) is 16.1. The highest BCUT2D eigenvalue weighted by Crippen LogP contribution is 2.26. The van der Waals surface area contributed by atoms with Crippen molar-refractivity contribution in [2.45, 2.75) is 32.5 Å². The fourth-order valence-electron chi connectivity index (χ4n) is 3.01. The minimum absolute atomic E-state index is 0.0158.